The third-order valence-electron chi connectivity index (χ3n) is 7.26. The average molecular weight is 573 g/mol. The number of carbonyl (C=O) groups is 1. The van der Waals surface area contributed by atoms with E-state index in [4.69, 9.17) is 14.1 Å². The first-order valence-electron chi connectivity index (χ1n) is 13.5. The second kappa shape index (κ2) is 11.3. The highest BCUT2D eigenvalue weighted by Gasteiger charge is 2.35. The van der Waals surface area contributed by atoms with E-state index in [1.54, 1.807) is 25.1 Å². The van der Waals surface area contributed by atoms with Crippen LogP contribution in [0, 0.1) is 5.82 Å². The highest BCUT2D eigenvalue weighted by Crippen LogP contribution is 2.35. The first kappa shape index (κ1) is 26.9. The minimum atomic E-state index is -0.860. The van der Waals surface area contributed by atoms with E-state index in [1.807, 2.05) is 42.5 Å². The number of thiazole rings is 1. The average Bonchev–Trinajstić information content (AvgIpc) is 3.58. The van der Waals surface area contributed by atoms with Crippen molar-refractivity contribution < 1.29 is 18.3 Å². The van der Waals surface area contributed by atoms with E-state index in [2.05, 4.69) is 16.8 Å². The lowest BCUT2D eigenvalue weighted by molar-refractivity contribution is -0.138. The van der Waals surface area contributed by atoms with E-state index >= 15 is 0 Å². The molecule has 10 heteroatoms. The first-order valence-corrected chi connectivity index (χ1v) is 14.3. The number of nitrogens with zero attached hydrogens (tertiary/aromatic N) is 4. The van der Waals surface area contributed by atoms with Gasteiger partial charge in [0.2, 0.25) is 0 Å². The van der Waals surface area contributed by atoms with Gasteiger partial charge in [-0.05, 0) is 37.7 Å². The Morgan fingerprint density at radius 2 is 1.80 bits per heavy atom. The lowest BCUT2D eigenvalue weighted by Crippen LogP contribution is -2.44. The third kappa shape index (κ3) is 5.28. The Kier molecular flexibility index (Phi) is 7.42. The van der Waals surface area contributed by atoms with Crippen LogP contribution in [-0.4, -0.2) is 55.3 Å². The van der Waals surface area contributed by atoms with Crippen LogP contribution in [0.5, 0.6) is 0 Å². The molecule has 1 atom stereocenters. The second-order valence-electron chi connectivity index (χ2n) is 9.95. The van der Waals surface area contributed by atoms with Crippen LogP contribution in [0.4, 0.5) is 10.3 Å². The third-order valence-corrected chi connectivity index (χ3v) is 8.24. The summed E-state index contributed by atoms with van der Waals surface area (Å²) in [5, 5.41) is 0. The molecule has 0 bridgehead atoms. The molecule has 0 aliphatic carbocycles. The number of fused-ring (bicyclic) bond motifs is 1. The van der Waals surface area contributed by atoms with E-state index in [0.717, 1.165) is 32.1 Å². The lowest BCUT2D eigenvalue weighted by Gasteiger charge is -2.32. The SMILES string of the molecule is CCOC(=O)C1=C(c2ccccc2)N=c2s/c(=C/c3ccc(N4CCN(C)CC4)o3)c(=O)n2C1c1ccc(F)cc1. The maximum Gasteiger partial charge on any atom is 0.338 e. The molecule has 1 saturated heterocycles. The van der Waals surface area contributed by atoms with E-state index in [9.17, 15) is 14.0 Å². The molecule has 0 saturated carbocycles. The quantitative estimate of drug-likeness (QED) is 0.330. The van der Waals surface area contributed by atoms with Crippen molar-refractivity contribution in [1.82, 2.24) is 9.47 Å². The van der Waals surface area contributed by atoms with E-state index in [0.29, 0.717) is 31.9 Å². The molecule has 0 N–H and O–H groups in total. The van der Waals surface area contributed by atoms with Crippen molar-refractivity contribution in [3.63, 3.8) is 0 Å². The van der Waals surface area contributed by atoms with Crippen LogP contribution in [0.1, 0.15) is 29.9 Å². The number of hydrogen-bond donors (Lipinski definition) is 0. The molecule has 2 aliphatic rings. The first-order chi connectivity index (χ1) is 19.9. The number of hydrogen-bond acceptors (Lipinski definition) is 8. The summed E-state index contributed by atoms with van der Waals surface area (Å²) in [6, 6.07) is 18.0. The molecule has 2 aromatic carbocycles. The van der Waals surface area contributed by atoms with E-state index < -0.39 is 17.8 Å². The Balaban J connectivity index is 1.51. The number of aromatic nitrogens is 1. The number of furan rings is 1. The normalized spacial score (nSPS) is 17.9. The minimum Gasteiger partial charge on any atom is -0.463 e. The number of halogens is 1. The van der Waals surface area contributed by atoms with Gasteiger partial charge in [-0.25, -0.2) is 14.2 Å². The monoisotopic (exact) mass is 572 g/mol. The molecular weight excluding hydrogens is 543 g/mol. The van der Waals surface area contributed by atoms with Crippen LogP contribution in [0.25, 0.3) is 11.8 Å². The fourth-order valence-electron chi connectivity index (χ4n) is 5.15. The molecule has 1 unspecified atom stereocenters. The van der Waals surface area contributed by atoms with Gasteiger partial charge >= 0.3 is 5.97 Å². The van der Waals surface area contributed by atoms with Gasteiger partial charge in [0, 0.05) is 43.9 Å². The van der Waals surface area contributed by atoms with Crippen molar-refractivity contribution in [3.05, 3.63) is 115 Å². The van der Waals surface area contributed by atoms with Gasteiger partial charge in [-0.15, -0.1) is 0 Å². The zero-order valence-electron chi connectivity index (χ0n) is 22.7. The van der Waals surface area contributed by atoms with E-state index in [-0.39, 0.29) is 17.7 Å². The summed E-state index contributed by atoms with van der Waals surface area (Å²) < 4.78 is 27.4. The molecule has 2 aromatic heterocycles. The van der Waals surface area contributed by atoms with Crippen molar-refractivity contribution in [2.45, 2.75) is 13.0 Å². The number of benzene rings is 2. The van der Waals surface area contributed by atoms with Crippen LogP contribution in [0.3, 0.4) is 0 Å². The zero-order valence-corrected chi connectivity index (χ0v) is 23.6. The van der Waals surface area contributed by atoms with Crippen molar-refractivity contribution in [2.24, 2.45) is 4.99 Å². The predicted octanol–water partition coefficient (Wildman–Crippen LogP) is 3.42. The van der Waals surface area contributed by atoms with E-state index in [1.165, 1.54) is 28.0 Å². The predicted molar refractivity (Wildman–Crippen MR) is 156 cm³/mol. The Hall–Kier alpha value is -4.28. The topological polar surface area (TPSA) is 80.3 Å². The van der Waals surface area contributed by atoms with Gasteiger partial charge in [0.1, 0.15) is 11.6 Å². The van der Waals surface area contributed by atoms with Crippen molar-refractivity contribution in [2.75, 3.05) is 44.7 Å². The number of anilines is 1. The standard InChI is InChI=1S/C31H29FN4O4S/c1-3-39-30(38)26-27(20-7-5-4-6-8-20)33-31-36(28(26)21-9-11-22(32)12-10-21)29(37)24(41-31)19-23-13-14-25(40-23)35-17-15-34(2)16-18-35/h4-14,19,28H,3,15-18H2,1-2H3/b24-19+. The van der Waals surface area contributed by atoms with Gasteiger partial charge in [0.05, 0.1) is 28.5 Å². The fourth-order valence-corrected chi connectivity index (χ4v) is 6.13. The summed E-state index contributed by atoms with van der Waals surface area (Å²) in [5.41, 5.74) is 1.60. The Morgan fingerprint density at radius 3 is 2.51 bits per heavy atom. The number of piperazine rings is 1. The molecule has 8 nitrogen and oxygen atoms in total. The summed E-state index contributed by atoms with van der Waals surface area (Å²) in [4.78, 5) is 37.1. The highest BCUT2D eigenvalue weighted by molar-refractivity contribution is 7.07. The molecule has 0 radical (unpaired) electrons. The summed E-state index contributed by atoms with van der Waals surface area (Å²) in [5.74, 6) is 0.314. The Morgan fingerprint density at radius 1 is 1.07 bits per heavy atom. The molecule has 41 heavy (non-hydrogen) atoms. The van der Waals surface area contributed by atoms with Gasteiger partial charge in [-0.2, -0.15) is 0 Å². The van der Waals surface area contributed by atoms with Gasteiger partial charge in [0.25, 0.3) is 5.56 Å². The van der Waals surface area contributed by atoms with Crippen LogP contribution < -0.4 is 19.8 Å². The van der Waals surface area contributed by atoms with Crippen molar-refractivity contribution >= 4 is 35.0 Å². The molecule has 0 amide bonds. The fraction of sp³-hybridized carbons (Fsp3) is 0.258. The molecular formula is C31H29FN4O4S. The largest absolute Gasteiger partial charge is 0.463 e. The second-order valence-corrected chi connectivity index (χ2v) is 11.0. The number of ether oxygens (including phenoxy) is 1. The van der Waals surface area contributed by atoms with Gasteiger partial charge < -0.3 is 19.0 Å². The number of carbonyl (C=O) groups excluding carboxylic acids is 1. The van der Waals surface area contributed by atoms with Crippen molar-refractivity contribution in [1.29, 1.82) is 0 Å². The van der Waals surface area contributed by atoms with Crippen molar-refractivity contribution in [3.8, 4) is 0 Å². The molecule has 1 fully saturated rings. The summed E-state index contributed by atoms with van der Waals surface area (Å²) in [6.45, 7) is 5.50. The molecule has 210 valence electrons. The highest BCUT2D eigenvalue weighted by atomic mass is 32.1. The summed E-state index contributed by atoms with van der Waals surface area (Å²) >= 11 is 1.22. The molecule has 0 spiro atoms. The Bertz CT molecular complexity index is 1780. The minimum absolute atomic E-state index is 0.152. The molecule has 2 aliphatic heterocycles. The number of esters is 1. The maximum atomic E-state index is 14.0. The van der Waals surface area contributed by atoms with Gasteiger partial charge in [-0.1, -0.05) is 53.8 Å². The van der Waals surface area contributed by atoms with Crippen LogP contribution in [0.2, 0.25) is 0 Å². The Labute approximate surface area is 239 Å². The van der Waals surface area contributed by atoms with Crippen LogP contribution >= 0.6 is 11.3 Å². The maximum absolute atomic E-state index is 14.0. The lowest BCUT2D eigenvalue weighted by atomic mass is 9.93. The molecule has 4 heterocycles. The summed E-state index contributed by atoms with van der Waals surface area (Å²) in [7, 11) is 2.10. The van der Waals surface area contributed by atoms with Gasteiger partial charge in [0.15, 0.2) is 10.7 Å². The summed E-state index contributed by atoms with van der Waals surface area (Å²) in [6.07, 6.45) is 1.71. The molecule has 4 aromatic rings. The number of likely N-dealkylation sites (N-methyl/N-ethyl adjacent to an activating group) is 1. The van der Waals surface area contributed by atoms with Crippen LogP contribution in [0.15, 0.2) is 86.5 Å². The smallest absolute Gasteiger partial charge is 0.338 e. The zero-order chi connectivity index (χ0) is 28.5. The van der Waals surface area contributed by atoms with Gasteiger partial charge in [-0.3, -0.25) is 9.36 Å². The molecule has 6 rings (SSSR count). The number of rotatable bonds is 6. The van der Waals surface area contributed by atoms with Crippen LogP contribution in [-0.2, 0) is 9.53 Å².